The Kier molecular flexibility index (Phi) is 5.37. The number of nitrogens with one attached hydrogen (secondary N) is 1. The summed E-state index contributed by atoms with van der Waals surface area (Å²) >= 11 is 6.22. The zero-order valence-corrected chi connectivity index (χ0v) is 17.4. The molecule has 2 aromatic heterocycles. The molecule has 3 heterocycles. The summed E-state index contributed by atoms with van der Waals surface area (Å²) in [6.45, 7) is 6.41. The lowest BCUT2D eigenvalue weighted by Gasteiger charge is -2.21. The fraction of sp³-hybridized carbons (Fsp3) is 0.364. The molecule has 0 fully saturated rings. The van der Waals surface area contributed by atoms with Crippen molar-refractivity contribution >= 4 is 23.2 Å². The van der Waals surface area contributed by atoms with Crippen LogP contribution in [0.5, 0.6) is 11.5 Å². The number of rotatable bonds is 6. The normalized spacial score (nSPS) is 14.9. The third-order valence-electron chi connectivity index (χ3n) is 5.43. The fourth-order valence-electron chi connectivity index (χ4n) is 3.42. The van der Waals surface area contributed by atoms with Gasteiger partial charge in [0.15, 0.2) is 11.5 Å². The molecule has 2 atom stereocenters. The quantitative estimate of drug-likeness (QED) is 0.650. The van der Waals surface area contributed by atoms with Crippen molar-refractivity contribution < 1.29 is 14.3 Å². The van der Waals surface area contributed by atoms with E-state index < -0.39 is 0 Å². The molecule has 4 rings (SSSR count). The number of fused-ring (bicyclic) bond motifs is 2. The lowest BCUT2D eigenvalue weighted by Crippen LogP contribution is -2.36. The van der Waals surface area contributed by atoms with Gasteiger partial charge in [-0.05, 0) is 42.7 Å². The predicted molar refractivity (Wildman–Crippen MR) is 112 cm³/mol. The van der Waals surface area contributed by atoms with Gasteiger partial charge < -0.3 is 19.2 Å². The van der Waals surface area contributed by atoms with Crippen LogP contribution in [-0.4, -0.2) is 28.1 Å². The summed E-state index contributed by atoms with van der Waals surface area (Å²) in [6, 6.07) is 9.56. The van der Waals surface area contributed by atoms with E-state index in [4.69, 9.17) is 21.1 Å². The van der Waals surface area contributed by atoms with Gasteiger partial charge in [-0.1, -0.05) is 31.5 Å². The molecule has 0 bridgehead atoms. The molecule has 6 nitrogen and oxygen atoms in total. The summed E-state index contributed by atoms with van der Waals surface area (Å²) in [7, 11) is 0. The van der Waals surface area contributed by atoms with Crippen LogP contribution in [0.25, 0.3) is 5.65 Å². The number of halogens is 1. The van der Waals surface area contributed by atoms with Gasteiger partial charge >= 0.3 is 0 Å². The van der Waals surface area contributed by atoms with E-state index in [1.165, 1.54) is 0 Å². The highest BCUT2D eigenvalue weighted by Crippen LogP contribution is 2.38. The number of carbonyl (C=O) groups is 1. The molecule has 1 aliphatic heterocycles. The summed E-state index contributed by atoms with van der Waals surface area (Å²) in [5.41, 5.74) is 2.64. The van der Waals surface area contributed by atoms with Gasteiger partial charge in [-0.15, -0.1) is 0 Å². The molecule has 0 radical (unpaired) electrons. The van der Waals surface area contributed by atoms with Crippen molar-refractivity contribution in [3.8, 4) is 11.5 Å². The zero-order chi connectivity index (χ0) is 20.5. The molecule has 1 aliphatic rings. The Hall–Kier alpha value is -2.73. The standard InChI is InChI=1S/C22H24ClN3O3/c1-13(2)14(3)25-22(27)9-17(15-4-6-19-20(8-15)29-12-28-19)18-10-24-21-7-5-16(23)11-26(18)21/h4-8,10-11,13-14,17H,9,12H2,1-3H3,(H,25,27). The summed E-state index contributed by atoms with van der Waals surface area (Å²) in [4.78, 5) is 17.3. The highest BCUT2D eigenvalue weighted by molar-refractivity contribution is 6.30. The number of amides is 1. The zero-order valence-electron chi connectivity index (χ0n) is 16.7. The number of benzene rings is 1. The van der Waals surface area contributed by atoms with Gasteiger partial charge in [0.25, 0.3) is 0 Å². The molecule has 152 valence electrons. The molecular weight excluding hydrogens is 390 g/mol. The maximum Gasteiger partial charge on any atom is 0.231 e. The Balaban J connectivity index is 1.72. The van der Waals surface area contributed by atoms with Crippen molar-refractivity contribution in [1.82, 2.24) is 14.7 Å². The van der Waals surface area contributed by atoms with Crippen molar-refractivity contribution in [3.05, 3.63) is 59.0 Å². The Labute approximate surface area is 174 Å². The molecule has 7 heteroatoms. The van der Waals surface area contributed by atoms with Crippen molar-refractivity contribution in [1.29, 1.82) is 0 Å². The van der Waals surface area contributed by atoms with Crippen molar-refractivity contribution in [2.24, 2.45) is 5.92 Å². The van der Waals surface area contributed by atoms with E-state index in [0.29, 0.717) is 22.4 Å². The largest absolute Gasteiger partial charge is 0.454 e. The van der Waals surface area contributed by atoms with Gasteiger partial charge in [-0.25, -0.2) is 4.98 Å². The molecule has 0 aliphatic carbocycles. The third kappa shape index (κ3) is 4.03. The monoisotopic (exact) mass is 413 g/mol. The van der Waals surface area contributed by atoms with Gasteiger partial charge in [-0.2, -0.15) is 0 Å². The number of ether oxygens (including phenoxy) is 2. The summed E-state index contributed by atoms with van der Waals surface area (Å²) in [5, 5.41) is 3.71. The minimum Gasteiger partial charge on any atom is -0.454 e. The minimum absolute atomic E-state index is 0.00848. The van der Waals surface area contributed by atoms with Gasteiger partial charge in [0.2, 0.25) is 12.7 Å². The van der Waals surface area contributed by atoms with Gasteiger partial charge in [-0.3, -0.25) is 4.79 Å². The summed E-state index contributed by atoms with van der Waals surface area (Å²) < 4.78 is 12.9. The van der Waals surface area contributed by atoms with E-state index in [-0.39, 0.29) is 31.1 Å². The van der Waals surface area contributed by atoms with E-state index in [9.17, 15) is 4.79 Å². The second-order valence-electron chi connectivity index (χ2n) is 7.73. The second kappa shape index (κ2) is 7.95. The highest BCUT2D eigenvalue weighted by atomic mass is 35.5. The maximum absolute atomic E-state index is 12.9. The van der Waals surface area contributed by atoms with Crippen LogP contribution in [0.1, 0.15) is 44.4 Å². The molecule has 1 aromatic carbocycles. The van der Waals surface area contributed by atoms with Crippen LogP contribution in [-0.2, 0) is 4.79 Å². The molecule has 29 heavy (non-hydrogen) atoms. The van der Waals surface area contributed by atoms with Crippen LogP contribution < -0.4 is 14.8 Å². The van der Waals surface area contributed by atoms with E-state index >= 15 is 0 Å². The Bertz CT molecular complexity index is 1050. The van der Waals surface area contributed by atoms with Gasteiger partial charge in [0, 0.05) is 30.8 Å². The molecule has 1 amide bonds. The van der Waals surface area contributed by atoms with Crippen LogP contribution in [0, 0.1) is 5.92 Å². The van der Waals surface area contributed by atoms with Crippen molar-refractivity contribution in [2.75, 3.05) is 6.79 Å². The number of imidazole rings is 1. The van der Waals surface area contributed by atoms with E-state index in [0.717, 1.165) is 16.9 Å². The number of aromatic nitrogens is 2. The molecule has 2 unspecified atom stereocenters. The number of carbonyl (C=O) groups excluding carboxylic acids is 1. The highest BCUT2D eigenvalue weighted by Gasteiger charge is 2.25. The summed E-state index contributed by atoms with van der Waals surface area (Å²) in [6.07, 6.45) is 3.92. The average Bonchev–Trinajstić information content (AvgIpc) is 3.31. The summed E-state index contributed by atoms with van der Waals surface area (Å²) in [5.74, 6) is 1.54. The number of hydrogen-bond donors (Lipinski definition) is 1. The number of hydrogen-bond acceptors (Lipinski definition) is 4. The smallest absolute Gasteiger partial charge is 0.231 e. The Morgan fingerprint density at radius 1 is 1.21 bits per heavy atom. The molecule has 3 aromatic rings. The van der Waals surface area contributed by atoms with Gasteiger partial charge in [0.1, 0.15) is 5.65 Å². The lowest BCUT2D eigenvalue weighted by atomic mass is 9.91. The van der Waals surface area contributed by atoms with Crippen molar-refractivity contribution in [2.45, 2.75) is 39.2 Å². The fourth-order valence-corrected chi connectivity index (χ4v) is 3.58. The second-order valence-corrected chi connectivity index (χ2v) is 8.16. The van der Waals surface area contributed by atoms with Crippen molar-refractivity contribution in [3.63, 3.8) is 0 Å². The Morgan fingerprint density at radius 2 is 2.00 bits per heavy atom. The van der Waals surface area contributed by atoms with E-state index in [1.54, 1.807) is 12.3 Å². The first-order chi connectivity index (χ1) is 13.9. The van der Waals surface area contributed by atoms with Gasteiger partial charge in [0.05, 0.1) is 10.7 Å². The van der Waals surface area contributed by atoms with Crippen LogP contribution in [0.3, 0.4) is 0 Å². The average molecular weight is 414 g/mol. The number of nitrogens with zero attached hydrogens (tertiary/aromatic N) is 2. The topological polar surface area (TPSA) is 64.9 Å². The first-order valence-electron chi connectivity index (χ1n) is 9.74. The lowest BCUT2D eigenvalue weighted by molar-refractivity contribution is -0.122. The number of pyridine rings is 1. The van der Waals surface area contributed by atoms with E-state index in [2.05, 4.69) is 24.1 Å². The molecular formula is C22H24ClN3O3. The van der Waals surface area contributed by atoms with Crippen LogP contribution in [0.4, 0.5) is 0 Å². The van der Waals surface area contributed by atoms with E-state index in [1.807, 2.05) is 41.8 Å². The SMILES string of the molecule is CC(C)C(C)NC(=O)CC(c1ccc2c(c1)OCO2)c1cnc2ccc(Cl)cn12. The molecule has 0 saturated heterocycles. The molecule has 0 saturated carbocycles. The third-order valence-corrected chi connectivity index (χ3v) is 5.66. The first-order valence-corrected chi connectivity index (χ1v) is 10.1. The predicted octanol–water partition coefficient (Wildman–Crippen LogP) is 4.40. The maximum atomic E-state index is 12.9. The molecule has 1 N–H and O–H groups in total. The Morgan fingerprint density at radius 3 is 2.79 bits per heavy atom. The minimum atomic E-state index is -0.211. The van der Waals surface area contributed by atoms with Crippen LogP contribution >= 0.6 is 11.6 Å². The first kappa shape index (κ1) is 19.6. The van der Waals surface area contributed by atoms with Crippen LogP contribution in [0.2, 0.25) is 5.02 Å². The van der Waals surface area contributed by atoms with Crippen LogP contribution in [0.15, 0.2) is 42.7 Å². The molecule has 0 spiro atoms.